The average molecular weight is 254 g/mol. The van der Waals surface area contributed by atoms with Crippen LogP contribution in [0.5, 0.6) is 5.75 Å². The minimum atomic E-state index is -1.15. The SMILES string of the molecule is COc1ccc(C(C)(O)CCC(C)(C)C)c(F)c1. The van der Waals surface area contributed by atoms with E-state index in [1.165, 1.54) is 13.2 Å². The number of methoxy groups -OCH3 is 1. The number of aliphatic hydroxyl groups is 1. The Morgan fingerprint density at radius 3 is 2.22 bits per heavy atom. The molecule has 0 aliphatic heterocycles. The molecule has 3 heteroatoms. The summed E-state index contributed by atoms with van der Waals surface area (Å²) in [6.45, 7) is 7.97. The van der Waals surface area contributed by atoms with E-state index in [-0.39, 0.29) is 5.41 Å². The molecule has 0 fully saturated rings. The van der Waals surface area contributed by atoms with E-state index in [1.54, 1.807) is 19.1 Å². The lowest BCUT2D eigenvalue weighted by Crippen LogP contribution is -2.25. The predicted molar refractivity (Wildman–Crippen MR) is 71.2 cm³/mol. The smallest absolute Gasteiger partial charge is 0.132 e. The van der Waals surface area contributed by atoms with Crippen LogP contribution in [0.3, 0.4) is 0 Å². The van der Waals surface area contributed by atoms with E-state index in [4.69, 9.17) is 4.74 Å². The molecular formula is C15H23FO2. The lowest BCUT2D eigenvalue weighted by molar-refractivity contribution is 0.0323. The van der Waals surface area contributed by atoms with Gasteiger partial charge in [-0.2, -0.15) is 0 Å². The molecular weight excluding hydrogens is 231 g/mol. The minimum Gasteiger partial charge on any atom is -0.497 e. The molecule has 0 saturated carbocycles. The van der Waals surface area contributed by atoms with Crippen molar-refractivity contribution in [2.24, 2.45) is 5.41 Å². The zero-order valence-electron chi connectivity index (χ0n) is 11.9. The van der Waals surface area contributed by atoms with Gasteiger partial charge in [0.25, 0.3) is 0 Å². The molecule has 0 saturated heterocycles. The largest absolute Gasteiger partial charge is 0.497 e. The monoisotopic (exact) mass is 254 g/mol. The van der Waals surface area contributed by atoms with Gasteiger partial charge in [0, 0.05) is 11.6 Å². The highest BCUT2D eigenvalue weighted by molar-refractivity contribution is 5.32. The van der Waals surface area contributed by atoms with Gasteiger partial charge in [-0.15, -0.1) is 0 Å². The van der Waals surface area contributed by atoms with Crippen molar-refractivity contribution in [3.8, 4) is 5.75 Å². The maximum absolute atomic E-state index is 13.9. The van der Waals surface area contributed by atoms with E-state index < -0.39 is 11.4 Å². The second-order valence-corrected chi connectivity index (χ2v) is 6.18. The first-order valence-corrected chi connectivity index (χ1v) is 6.22. The first-order valence-electron chi connectivity index (χ1n) is 6.22. The summed E-state index contributed by atoms with van der Waals surface area (Å²) in [7, 11) is 1.49. The van der Waals surface area contributed by atoms with Crippen LogP contribution in [0, 0.1) is 11.2 Å². The van der Waals surface area contributed by atoms with Gasteiger partial charge in [-0.3, -0.25) is 0 Å². The third-order valence-corrected chi connectivity index (χ3v) is 3.12. The van der Waals surface area contributed by atoms with E-state index in [1.807, 2.05) is 0 Å². The quantitative estimate of drug-likeness (QED) is 0.884. The number of hydrogen-bond acceptors (Lipinski definition) is 2. The first kappa shape index (κ1) is 15.0. The highest BCUT2D eigenvalue weighted by Crippen LogP contribution is 2.34. The van der Waals surface area contributed by atoms with Gasteiger partial charge >= 0.3 is 0 Å². The molecule has 0 spiro atoms. The Hall–Kier alpha value is -1.09. The Morgan fingerprint density at radius 2 is 1.78 bits per heavy atom. The molecule has 18 heavy (non-hydrogen) atoms. The van der Waals surface area contributed by atoms with Crippen LogP contribution in [0.2, 0.25) is 0 Å². The fraction of sp³-hybridized carbons (Fsp3) is 0.600. The number of ether oxygens (including phenoxy) is 1. The molecule has 0 radical (unpaired) electrons. The molecule has 1 rings (SSSR count). The van der Waals surface area contributed by atoms with Crippen molar-refractivity contribution in [3.05, 3.63) is 29.6 Å². The van der Waals surface area contributed by atoms with Crippen molar-refractivity contribution >= 4 is 0 Å². The summed E-state index contributed by atoms with van der Waals surface area (Å²) in [6.07, 6.45) is 1.35. The van der Waals surface area contributed by atoms with Gasteiger partial charge in [-0.1, -0.05) is 20.8 Å². The van der Waals surface area contributed by atoms with Crippen molar-refractivity contribution < 1.29 is 14.2 Å². The maximum atomic E-state index is 13.9. The van der Waals surface area contributed by atoms with Crippen LogP contribution in [0.25, 0.3) is 0 Å². The third kappa shape index (κ3) is 3.98. The number of hydrogen-bond donors (Lipinski definition) is 1. The summed E-state index contributed by atoms with van der Waals surface area (Å²) in [5.41, 5.74) is -0.705. The topological polar surface area (TPSA) is 29.5 Å². The summed E-state index contributed by atoms with van der Waals surface area (Å²) < 4.78 is 18.9. The zero-order valence-corrected chi connectivity index (χ0v) is 11.9. The van der Waals surface area contributed by atoms with Gasteiger partial charge in [0.05, 0.1) is 12.7 Å². The number of benzene rings is 1. The Kier molecular flexibility index (Phi) is 4.38. The fourth-order valence-corrected chi connectivity index (χ4v) is 1.81. The van der Waals surface area contributed by atoms with Crippen LogP contribution >= 0.6 is 0 Å². The predicted octanol–water partition coefficient (Wildman–Crippen LogP) is 3.87. The van der Waals surface area contributed by atoms with Crippen LogP contribution < -0.4 is 4.74 Å². The van der Waals surface area contributed by atoms with E-state index in [9.17, 15) is 9.50 Å². The highest BCUT2D eigenvalue weighted by atomic mass is 19.1. The molecule has 1 N–H and O–H groups in total. The van der Waals surface area contributed by atoms with Crippen molar-refractivity contribution in [1.82, 2.24) is 0 Å². The lowest BCUT2D eigenvalue weighted by Gasteiger charge is -2.28. The van der Waals surface area contributed by atoms with Crippen molar-refractivity contribution in [3.63, 3.8) is 0 Å². The molecule has 2 nitrogen and oxygen atoms in total. The number of rotatable bonds is 4. The van der Waals surface area contributed by atoms with Gasteiger partial charge < -0.3 is 9.84 Å². The fourth-order valence-electron chi connectivity index (χ4n) is 1.81. The van der Waals surface area contributed by atoms with Crippen LogP contribution in [0.15, 0.2) is 18.2 Å². The van der Waals surface area contributed by atoms with Crippen LogP contribution in [-0.4, -0.2) is 12.2 Å². The van der Waals surface area contributed by atoms with Crippen LogP contribution in [0.4, 0.5) is 4.39 Å². The normalized spacial score (nSPS) is 15.3. The molecule has 0 bridgehead atoms. The Morgan fingerprint density at radius 1 is 1.17 bits per heavy atom. The third-order valence-electron chi connectivity index (χ3n) is 3.12. The minimum absolute atomic E-state index is 0.118. The van der Waals surface area contributed by atoms with Crippen molar-refractivity contribution in [2.75, 3.05) is 7.11 Å². The molecule has 0 aromatic heterocycles. The van der Waals surface area contributed by atoms with Gasteiger partial charge in [0.2, 0.25) is 0 Å². The summed E-state index contributed by atoms with van der Waals surface area (Å²) in [5, 5.41) is 10.4. The molecule has 102 valence electrons. The number of halogens is 1. The Balaban J connectivity index is 2.90. The summed E-state index contributed by atoms with van der Waals surface area (Å²) in [6, 6.07) is 4.57. The standard InChI is InChI=1S/C15H23FO2/c1-14(2,3)8-9-15(4,17)12-7-6-11(18-5)10-13(12)16/h6-7,10,17H,8-9H2,1-5H3. The molecule has 1 atom stereocenters. The molecule has 0 aliphatic carbocycles. The molecule has 1 aromatic carbocycles. The summed E-state index contributed by atoms with van der Waals surface area (Å²) in [5.74, 6) is 0.0381. The first-order chi connectivity index (χ1) is 8.15. The summed E-state index contributed by atoms with van der Waals surface area (Å²) in [4.78, 5) is 0. The maximum Gasteiger partial charge on any atom is 0.132 e. The van der Waals surface area contributed by atoms with Gasteiger partial charge in [0.1, 0.15) is 11.6 Å². The second-order valence-electron chi connectivity index (χ2n) is 6.18. The van der Waals surface area contributed by atoms with E-state index in [0.717, 1.165) is 6.42 Å². The van der Waals surface area contributed by atoms with Gasteiger partial charge in [0.15, 0.2) is 0 Å². The van der Waals surface area contributed by atoms with Crippen molar-refractivity contribution in [2.45, 2.75) is 46.1 Å². The Bertz CT molecular complexity index is 405. The molecule has 1 unspecified atom stereocenters. The summed E-state index contributed by atoms with van der Waals surface area (Å²) >= 11 is 0. The average Bonchev–Trinajstić information content (AvgIpc) is 2.25. The van der Waals surface area contributed by atoms with Crippen LogP contribution in [-0.2, 0) is 5.60 Å². The van der Waals surface area contributed by atoms with Gasteiger partial charge in [-0.25, -0.2) is 4.39 Å². The molecule has 0 amide bonds. The van der Waals surface area contributed by atoms with Crippen molar-refractivity contribution in [1.29, 1.82) is 0 Å². The second kappa shape index (κ2) is 5.27. The van der Waals surface area contributed by atoms with E-state index in [0.29, 0.717) is 17.7 Å². The molecule has 1 aromatic rings. The zero-order chi connectivity index (χ0) is 14.0. The van der Waals surface area contributed by atoms with Crippen LogP contribution in [0.1, 0.15) is 46.1 Å². The molecule has 0 heterocycles. The Labute approximate surface area is 109 Å². The van der Waals surface area contributed by atoms with E-state index in [2.05, 4.69) is 20.8 Å². The van der Waals surface area contributed by atoms with Gasteiger partial charge in [-0.05, 0) is 37.3 Å². The van der Waals surface area contributed by atoms with E-state index >= 15 is 0 Å². The molecule has 0 aliphatic rings. The highest BCUT2D eigenvalue weighted by Gasteiger charge is 2.28. The lowest BCUT2D eigenvalue weighted by atomic mass is 9.82.